The molecule has 0 saturated heterocycles. The van der Waals surface area contributed by atoms with Gasteiger partial charge in [0.05, 0.1) is 24.1 Å². The van der Waals surface area contributed by atoms with Crippen LogP contribution in [0.2, 0.25) is 0 Å². The van der Waals surface area contributed by atoms with Gasteiger partial charge in [0.2, 0.25) is 5.76 Å². The van der Waals surface area contributed by atoms with Crippen molar-refractivity contribution < 1.29 is 13.9 Å². The molecule has 7 heteroatoms. The van der Waals surface area contributed by atoms with E-state index in [0.717, 1.165) is 11.1 Å². The molecule has 0 N–H and O–H groups in total. The molecule has 5 rings (SSSR count). The van der Waals surface area contributed by atoms with Gasteiger partial charge in [-0.25, -0.2) is 4.98 Å². The minimum absolute atomic E-state index is 0.0642. The second-order valence-electron chi connectivity index (χ2n) is 6.84. The number of rotatable bonds is 3. The van der Waals surface area contributed by atoms with E-state index in [2.05, 4.69) is 4.98 Å². The number of hydrogen-bond acceptors (Lipinski definition) is 6. The molecule has 1 amide bonds. The molecule has 29 heavy (non-hydrogen) atoms. The van der Waals surface area contributed by atoms with Gasteiger partial charge in [-0.3, -0.25) is 14.5 Å². The second-order valence-corrected chi connectivity index (χ2v) is 7.72. The summed E-state index contributed by atoms with van der Waals surface area (Å²) >= 11 is 1.33. The molecule has 2 aromatic carbocycles. The lowest BCUT2D eigenvalue weighted by Gasteiger charge is -2.22. The molecular weight excluding hydrogens is 388 g/mol. The van der Waals surface area contributed by atoms with E-state index in [-0.39, 0.29) is 17.1 Å². The van der Waals surface area contributed by atoms with Crippen molar-refractivity contribution in [2.75, 3.05) is 12.0 Å². The van der Waals surface area contributed by atoms with Gasteiger partial charge in [0.1, 0.15) is 11.3 Å². The first-order chi connectivity index (χ1) is 14.1. The quantitative estimate of drug-likeness (QED) is 0.509. The van der Waals surface area contributed by atoms with Gasteiger partial charge >= 0.3 is 0 Å². The van der Waals surface area contributed by atoms with Crippen LogP contribution in [-0.2, 0) is 0 Å². The number of fused-ring (bicyclic) bond motifs is 2. The molecule has 0 saturated carbocycles. The van der Waals surface area contributed by atoms with Gasteiger partial charge in [0.25, 0.3) is 5.91 Å². The minimum atomic E-state index is -0.639. The van der Waals surface area contributed by atoms with E-state index in [1.807, 2.05) is 37.3 Å². The van der Waals surface area contributed by atoms with Gasteiger partial charge in [-0.1, -0.05) is 23.8 Å². The molecule has 4 aromatic rings. The first-order valence-electron chi connectivity index (χ1n) is 9.03. The van der Waals surface area contributed by atoms with Gasteiger partial charge in [-0.05, 0) is 36.8 Å². The SMILES string of the molecule is COc1cccc([C@@H]2c3c(oc4ccc(C)cc4c3=O)C(=O)N2c2nccs2)c1. The molecule has 1 aliphatic rings. The predicted octanol–water partition coefficient (Wildman–Crippen LogP) is 4.32. The van der Waals surface area contributed by atoms with E-state index in [1.54, 1.807) is 30.8 Å². The van der Waals surface area contributed by atoms with Gasteiger partial charge in [-0.2, -0.15) is 0 Å². The molecular formula is C22H16N2O4S. The Morgan fingerprint density at radius 2 is 2.03 bits per heavy atom. The van der Waals surface area contributed by atoms with Crippen molar-refractivity contribution in [3.05, 3.63) is 86.7 Å². The number of amides is 1. The Morgan fingerprint density at radius 1 is 1.17 bits per heavy atom. The van der Waals surface area contributed by atoms with Crippen molar-refractivity contribution in [2.24, 2.45) is 0 Å². The summed E-state index contributed by atoms with van der Waals surface area (Å²) in [4.78, 5) is 32.6. The van der Waals surface area contributed by atoms with Gasteiger partial charge < -0.3 is 9.15 Å². The van der Waals surface area contributed by atoms with E-state index >= 15 is 0 Å². The molecule has 1 aliphatic heterocycles. The molecule has 0 radical (unpaired) electrons. The van der Waals surface area contributed by atoms with Gasteiger partial charge in [-0.15, -0.1) is 11.3 Å². The fourth-order valence-electron chi connectivity index (χ4n) is 3.75. The summed E-state index contributed by atoms with van der Waals surface area (Å²) in [6, 6.07) is 12.1. The maximum Gasteiger partial charge on any atom is 0.297 e. The Morgan fingerprint density at radius 3 is 2.79 bits per heavy atom. The molecule has 3 heterocycles. The standard InChI is InChI=1S/C22H16N2O4S/c1-12-6-7-16-15(10-12)19(25)17-18(13-4-3-5-14(11-13)27-2)24(21(26)20(17)28-16)22-23-8-9-29-22/h3-11,18H,1-2H3/t18-/m1/s1. The van der Waals surface area contributed by atoms with Crippen molar-refractivity contribution in [3.8, 4) is 5.75 Å². The minimum Gasteiger partial charge on any atom is -0.497 e. The highest BCUT2D eigenvalue weighted by atomic mass is 32.1. The maximum absolute atomic E-state index is 13.5. The number of ether oxygens (including phenoxy) is 1. The van der Waals surface area contributed by atoms with Crippen LogP contribution in [0, 0.1) is 6.92 Å². The lowest BCUT2D eigenvalue weighted by molar-refractivity contribution is 0.0971. The van der Waals surface area contributed by atoms with Gasteiger partial charge in [0, 0.05) is 11.6 Å². The summed E-state index contributed by atoms with van der Waals surface area (Å²) in [5, 5.41) is 2.77. The van der Waals surface area contributed by atoms with Crippen LogP contribution in [0.3, 0.4) is 0 Å². The molecule has 0 fully saturated rings. The topological polar surface area (TPSA) is 72.6 Å². The number of aromatic nitrogens is 1. The summed E-state index contributed by atoms with van der Waals surface area (Å²) in [5.74, 6) is 0.334. The van der Waals surface area contributed by atoms with E-state index in [4.69, 9.17) is 9.15 Å². The average molecular weight is 404 g/mol. The second kappa shape index (κ2) is 6.56. The van der Waals surface area contributed by atoms with E-state index in [0.29, 0.717) is 27.4 Å². The van der Waals surface area contributed by atoms with Crippen molar-refractivity contribution in [1.29, 1.82) is 0 Å². The Labute approximate surface area is 170 Å². The molecule has 6 nitrogen and oxygen atoms in total. The number of aryl methyl sites for hydroxylation is 1. The summed E-state index contributed by atoms with van der Waals surface area (Å²) in [5.41, 5.74) is 2.23. The van der Waals surface area contributed by atoms with Crippen molar-refractivity contribution in [3.63, 3.8) is 0 Å². The van der Waals surface area contributed by atoms with Gasteiger partial charge in [0.15, 0.2) is 10.6 Å². The molecule has 0 spiro atoms. The Bertz CT molecular complexity index is 1310. The number of anilines is 1. The maximum atomic E-state index is 13.5. The fourth-order valence-corrected chi connectivity index (χ4v) is 4.41. The van der Waals surface area contributed by atoms with Crippen LogP contribution in [0.15, 0.2) is 63.3 Å². The number of methoxy groups -OCH3 is 1. The Hall–Kier alpha value is -3.45. The summed E-state index contributed by atoms with van der Waals surface area (Å²) in [6.45, 7) is 1.92. The number of hydrogen-bond donors (Lipinski definition) is 0. The Balaban J connectivity index is 1.83. The summed E-state index contributed by atoms with van der Waals surface area (Å²) in [7, 11) is 1.58. The average Bonchev–Trinajstić information content (AvgIpc) is 3.35. The Kier molecular flexibility index (Phi) is 3.99. The smallest absolute Gasteiger partial charge is 0.297 e. The van der Waals surface area contributed by atoms with Crippen LogP contribution in [-0.4, -0.2) is 18.0 Å². The first-order valence-corrected chi connectivity index (χ1v) is 9.91. The molecule has 2 aromatic heterocycles. The summed E-state index contributed by atoms with van der Waals surface area (Å²) < 4.78 is 11.3. The zero-order chi connectivity index (χ0) is 20.1. The molecule has 1 atom stereocenters. The van der Waals surface area contributed by atoms with Crippen LogP contribution in [0.1, 0.15) is 33.3 Å². The largest absolute Gasteiger partial charge is 0.497 e. The zero-order valence-corrected chi connectivity index (χ0v) is 16.5. The summed E-state index contributed by atoms with van der Waals surface area (Å²) in [6.07, 6.45) is 1.63. The van der Waals surface area contributed by atoms with Crippen LogP contribution in [0.5, 0.6) is 5.75 Å². The molecule has 0 aliphatic carbocycles. The van der Waals surface area contributed by atoms with Crippen molar-refractivity contribution in [2.45, 2.75) is 13.0 Å². The normalized spacial score (nSPS) is 15.7. The first kappa shape index (κ1) is 17.6. The monoisotopic (exact) mass is 404 g/mol. The van der Waals surface area contributed by atoms with Crippen LogP contribution in [0.25, 0.3) is 11.0 Å². The number of carbonyl (C=O) groups is 1. The number of carbonyl (C=O) groups excluding carboxylic acids is 1. The molecule has 0 bridgehead atoms. The highest BCUT2D eigenvalue weighted by molar-refractivity contribution is 7.13. The highest BCUT2D eigenvalue weighted by Crippen LogP contribution is 2.42. The van der Waals surface area contributed by atoms with E-state index in [1.165, 1.54) is 16.2 Å². The van der Waals surface area contributed by atoms with Crippen molar-refractivity contribution in [1.82, 2.24) is 4.98 Å². The highest BCUT2D eigenvalue weighted by Gasteiger charge is 2.44. The number of thiazole rings is 1. The zero-order valence-electron chi connectivity index (χ0n) is 15.7. The fraction of sp³-hybridized carbons (Fsp3) is 0.136. The lowest BCUT2D eigenvalue weighted by Crippen LogP contribution is -2.29. The third-order valence-corrected chi connectivity index (χ3v) is 5.83. The number of benzene rings is 2. The third kappa shape index (κ3) is 2.66. The molecule has 0 unspecified atom stereocenters. The van der Waals surface area contributed by atoms with E-state index < -0.39 is 6.04 Å². The van der Waals surface area contributed by atoms with Crippen LogP contribution < -0.4 is 15.1 Å². The van der Waals surface area contributed by atoms with E-state index in [9.17, 15) is 9.59 Å². The number of nitrogens with zero attached hydrogens (tertiary/aromatic N) is 2. The van der Waals surface area contributed by atoms with Crippen LogP contribution >= 0.6 is 11.3 Å². The lowest BCUT2D eigenvalue weighted by atomic mass is 9.98. The third-order valence-electron chi connectivity index (χ3n) is 5.06. The van der Waals surface area contributed by atoms with Crippen molar-refractivity contribution >= 4 is 33.3 Å². The molecule has 144 valence electrons. The van der Waals surface area contributed by atoms with Crippen LogP contribution in [0.4, 0.5) is 5.13 Å². The predicted molar refractivity (Wildman–Crippen MR) is 111 cm³/mol.